The maximum absolute atomic E-state index is 5.60. The van der Waals surface area contributed by atoms with Crippen molar-refractivity contribution >= 4 is 47.1 Å². The lowest BCUT2D eigenvalue weighted by atomic mass is 10.1. The smallest absolute Gasteiger partial charge is 0.181 e. The topological polar surface area (TPSA) is 65.1 Å². The van der Waals surface area contributed by atoms with Gasteiger partial charge >= 0.3 is 0 Å². The molecule has 1 saturated carbocycles. The third-order valence-electron chi connectivity index (χ3n) is 5.20. The Morgan fingerprint density at radius 1 is 1.20 bits per heavy atom. The minimum absolute atomic E-state index is 0. The van der Waals surface area contributed by atoms with Crippen molar-refractivity contribution in [3.8, 4) is 17.1 Å². The number of nitrogens with one attached hydrogen (secondary N) is 1. The number of hydrogen-bond acceptors (Lipinski definition) is 5. The van der Waals surface area contributed by atoms with Gasteiger partial charge in [-0.15, -0.1) is 24.8 Å². The van der Waals surface area contributed by atoms with E-state index >= 15 is 0 Å². The van der Waals surface area contributed by atoms with Crippen LogP contribution in [0.5, 0.6) is 5.75 Å². The van der Waals surface area contributed by atoms with Crippen LogP contribution in [-0.4, -0.2) is 21.9 Å². The standard InChI is InChI=1S/C22H22N4O2.2ClH/c1-14-22(28-13-23-14)18-9-8-17(10-20(18)27-2)24-19-5-3-4-16-12-26(25-21(16)19)11-15-6-7-15;;/h3-5,8-10,12-13,15,24H,6-7,11H2,1-2H3;2*1H. The second-order valence-electron chi connectivity index (χ2n) is 7.34. The van der Waals surface area contributed by atoms with E-state index in [4.69, 9.17) is 14.3 Å². The molecule has 0 amide bonds. The number of benzene rings is 2. The minimum Gasteiger partial charge on any atom is -0.496 e. The lowest BCUT2D eigenvalue weighted by molar-refractivity contribution is 0.415. The average Bonchev–Trinajstić information content (AvgIpc) is 3.25. The zero-order chi connectivity index (χ0) is 19.1. The maximum atomic E-state index is 5.60. The van der Waals surface area contributed by atoms with Crippen LogP contribution in [0, 0.1) is 12.8 Å². The number of methoxy groups -OCH3 is 1. The third kappa shape index (κ3) is 4.25. The van der Waals surface area contributed by atoms with Crippen LogP contribution in [0.2, 0.25) is 0 Å². The first kappa shape index (κ1) is 22.0. The third-order valence-corrected chi connectivity index (χ3v) is 5.20. The number of aryl methyl sites for hydroxylation is 1. The van der Waals surface area contributed by atoms with Crippen LogP contribution in [-0.2, 0) is 6.54 Å². The highest BCUT2D eigenvalue weighted by Crippen LogP contribution is 2.36. The van der Waals surface area contributed by atoms with Gasteiger partial charge in [-0.25, -0.2) is 4.98 Å². The number of fused-ring (bicyclic) bond motifs is 1. The van der Waals surface area contributed by atoms with E-state index in [-0.39, 0.29) is 24.8 Å². The Balaban J connectivity index is 0.00000128. The molecule has 2 heterocycles. The Morgan fingerprint density at radius 2 is 2.03 bits per heavy atom. The maximum Gasteiger partial charge on any atom is 0.181 e. The largest absolute Gasteiger partial charge is 0.496 e. The summed E-state index contributed by atoms with van der Waals surface area (Å²) in [5.74, 6) is 2.25. The van der Waals surface area contributed by atoms with Crippen LogP contribution in [0.3, 0.4) is 0 Å². The lowest BCUT2D eigenvalue weighted by Crippen LogP contribution is -2.00. The summed E-state index contributed by atoms with van der Waals surface area (Å²) in [4.78, 5) is 4.17. The van der Waals surface area contributed by atoms with Gasteiger partial charge < -0.3 is 14.5 Å². The first-order valence-electron chi connectivity index (χ1n) is 9.53. The van der Waals surface area contributed by atoms with E-state index < -0.39 is 0 Å². The highest BCUT2D eigenvalue weighted by atomic mass is 35.5. The normalized spacial score (nSPS) is 12.9. The summed E-state index contributed by atoms with van der Waals surface area (Å²) in [6.07, 6.45) is 6.22. The van der Waals surface area contributed by atoms with Crippen LogP contribution in [0.1, 0.15) is 18.5 Å². The van der Waals surface area contributed by atoms with Crippen molar-refractivity contribution in [2.45, 2.75) is 26.3 Å². The molecule has 1 aliphatic rings. The molecular weight excluding hydrogens is 423 g/mol. The van der Waals surface area contributed by atoms with Crippen molar-refractivity contribution in [3.63, 3.8) is 0 Å². The molecule has 0 spiro atoms. The fourth-order valence-electron chi connectivity index (χ4n) is 3.53. The number of hydrogen-bond donors (Lipinski definition) is 1. The molecule has 2 aromatic carbocycles. The van der Waals surface area contributed by atoms with E-state index in [1.54, 1.807) is 7.11 Å². The SMILES string of the molecule is COc1cc(Nc2cccc3cn(CC4CC4)nc23)ccc1-c1ocnc1C.Cl.Cl. The Morgan fingerprint density at radius 3 is 2.73 bits per heavy atom. The predicted molar refractivity (Wildman–Crippen MR) is 123 cm³/mol. The quantitative estimate of drug-likeness (QED) is 0.392. The van der Waals surface area contributed by atoms with Crippen molar-refractivity contribution in [1.82, 2.24) is 14.8 Å². The number of halogens is 2. The fraction of sp³-hybridized carbons (Fsp3) is 0.273. The Labute approximate surface area is 187 Å². The van der Waals surface area contributed by atoms with Crippen molar-refractivity contribution in [2.75, 3.05) is 12.4 Å². The van der Waals surface area contributed by atoms with E-state index in [0.29, 0.717) is 0 Å². The number of ether oxygens (including phenoxy) is 1. The van der Waals surface area contributed by atoms with E-state index in [1.807, 2.05) is 25.1 Å². The summed E-state index contributed by atoms with van der Waals surface area (Å²) in [7, 11) is 1.66. The molecule has 4 aromatic rings. The van der Waals surface area contributed by atoms with Crippen molar-refractivity contribution in [2.24, 2.45) is 5.92 Å². The molecule has 158 valence electrons. The summed E-state index contributed by atoms with van der Waals surface area (Å²) < 4.78 is 13.2. The number of nitrogens with zero attached hydrogens (tertiary/aromatic N) is 3. The number of aromatic nitrogens is 3. The second kappa shape index (κ2) is 8.98. The first-order chi connectivity index (χ1) is 13.7. The molecule has 1 fully saturated rings. The lowest BCUT2D eigenvalue weighted by Gasteiger charge is -2.12. The number of rotatable bonds is 6. The van der Waals surface area contributed by atoms with Crippen LogP contribution in [0.4, 0.5) is 11.4 Å². The van der Waals surface area contributed by atoms with Crippen molar-refractivity contribution < 1.29 is 9.15 Å². The molecule has 0 saturated heterocycles. The van der Waals surface area contributed by atoms with Crippen molar-refractivity contribution in [3.05, 3.63) is 54.7 Å². The van der Waals surface area contributed by atoms with Crippen molar-refractivity contribution in [1.29, 1.82) is 0 Å². The molecule has 0 radical (unpaired) electrons. The second-order valence-corrected chi connectivity index (χ2v) is 7.34. The van der Waals surface area contributed by atoms with Crippen LogP contribution in [0.15, 0.2) is 53.4 Å². The fourth-order valence-corrected chi connectivity index (χ4v) is 3.53. The van der Waals surface area contributed by atoms with Gasteiger partial charge in [-0.05, 0) is 43.9 Å². The molecule has 1 aliphatic carbocycles. The minimum atomic E-state index is 0. The van der Waals surface area contributed by atoms with Gasteiger partial charge in [0, 0.05) is 29.9 Å². The molecule has 1 N–H and O–H groups in total. The average molecular weight is 447 g/mol. The molecule has 0 aliphatic heterocycles. The van der Waals surface area contributed by atoms with Gasteiger partial charge in [0.2, 0.25) is 0 Å². The molecule has 30 heavy (non-hydrogen) atoms. The van der Waals surface area contributed by atoms with Gasteiger partial charge in [0.15, 0.2) is 12.2 Å². The molecule has 5 rings (SSSR count). The van der Waals surface area contributed by atoms with E-state index in [9.17, 15) is 0 Å². The highest BCUT2D eigenvalue weighted by Gasteiger charge is 2.22. The van der Waals surface area contributed by atoms with E-state index in [0.717, 1.165) is 57.5 Å². The summed E-state index contributed by atoms with van der Waals surface area (Å²) >= 11 is 0. The van der Waals surface area contributed by atoms with Gasteiger partial charge in [0.05, 0.1) is 24.1 Å². The van der Waals surface area contributed by atoms with Crippen LogP contribution >= 0.6 is 24.8 Å². The molecule has 8 heteroatoms. The van der Waals surface area contributed by atoms with Gasteiger partial charge in [-0.1, -0.05) is 12.1 Å². The first-order valence-corrected chi connectivity index (χ1v) is 9.53. The molecule has 0 bridgehead atoms. The van der Waals surface area contributed by atoms with Gasteiger partial charge in [0.25, 0.3) is 0 Å². The summed E-state index contributed by atoms with van der Waals surface area (Å²) in [6, 6.07) is 12.2. The predicted octanol–water partition coefficient (Wildman–Crippen LogP) is 6.01. The zero-order valence-electron chi connectivity index (χ0n) is 16.8. The van der Waals surface area contributed by atoms with E-state index in [1.165, 1.54) is 19.2 Å². The zero-order valence-corrected chi connectivity index (χ0v) is 18.4. The highest BCUT2D eigenvalue weighted by molar-refractivity contribution is 5.92. The monoisotopic (exact) mass is 446 g/mol. The number of oxazole rings is 1. The van der Waals surface area contributed by atoms with Gasteiger partial charge in [-0.2, -0.15) is 5.10 Å². The van der Waals surface area contributed by atoms with Gasteiger partial charge in [-0.3, -0.25) is 4.68 Å². The van der Waals surface area contributed by atoms with Crippen LogP contribution < -0.4 is 10.1 Å². The summed E-state index contributed by atoms with van der Waals surface area (Å²) in [5, 5.41) is 9.43. The Bertz CT molecular complexity index is 1150. The summed E-state index contributed by atoms with van der Waals surface area (Å²) in [5.41, 5.74) is 4.62. The Kier molecular flexibility index (Phi) is 6.58. The molecule has 0 unspecified atom stereocenters. The van der Waals surface area contributed by atoms with E-state index in [2.05, 4.69) is 39.4 Å². The molecule has 2 aromatic heterocycles. The molecule has 0 atom stereocenters. The van der Waals surface area contributed by atoms with Crippen LogP contribution in [0.25, 0.3) is 22.2 Å². The molecular formula is C22H24Cl2N4O2. The Hall–Kier alpha value is -2.70. The van der Waals surface area contributed by atoms with Gasteiger partial charge in [0.1, 0.15) is 11.3 Å². The summed E-state index contributed by atoms with van der Waals surface area (Å²) in [6.45, 7) is 2.93. The molecule has 6 nitrogen and oxygen atoms in total. The number of anilines is 2.